The Morgan fingerprint density at radius 1 is 0.833 bits per heavy atom. The summed E-state index contributed by atoms with van der Waals surface area (Å²) in [5.74, 6) is -0.795. The minimum atomic E-state index is -0.681. The van der Waals surface area contributed by atoms with Crippen molar-refractivity contribution in [2.75, 3.05) is 6.61 Å². The Morgan fingerprint density at radius 2 is 1.36 bits per heavy atom. The average molecular weight is 489 g/mol. The topological polar surface area (TPSA) is 78.9 Å². The van der Waals surface area contributed by atoms with Gasteiger partial charge in [-0.05, 0) is 81.2 Å². The Morgan fingerprint density at radius 3 is 1.86 bits per heavy atom. The largest absolute Gasteiger partial charge is 0.450 e. The third kappa shape index (κ3) is 8.55. The molecule has 6 heteroatoms. The van der Waals surface area contributed by atoms with E-state index in [0.29, 0.717) is 11.5 Å². The van der Waals surface area contributed by atoms with E-state index in [1.165, 1.54) is 6.92 Å². The minimum Gasteiger partial charge on any atom is -0.450 e. The molecule has 0 bridgehead atoms. The molecule has 0 aromatic heterocycles. The van der Waals surface area contributed by atoms with Crippen molar-refractivity contribution in [3.8, 4) is 11.5 Å². The lowest BCUT2D eigenvalue weighted by atomic mass is 9.97. The van der Waals surface area contributed by atoms with E-state index in [9.17, 15) is 14.4 Å². The summed E-state index contributed by atoms with van der Waals surface area (Å²) in [5, 5.41) is 0. The lowest BCUT2D eigenvalue weighted by molar-refractivity contribution is -0.150. The molecule has 0 aliphatic heterocycles. The molecule has 2 aromatic carbocycles. The molecule has 0 spiro atoms. The fraction of sp³-hybridized carbons (Fsp3) is 0.233. The molecule has 0 heterocycles. The van der Waals surface area contributed by atoms with Crippen molar-refractivity contribution in [3.63, 3.8) is 0 Å². The number of benzene rings is 2. The van der Waals surface area contributed by atoms with Crippen molar-refractivity contribution in [1.82, 2.24) is 0 Å². The third-order valence-corrected chi connectivity index (χ3v) is 4.91. The number of ether oxygens (including phenoxy) is 3. The van der Waals surface area contributed by atoms with Crippen LogP contribution in [0.4, 0.5) is 0 Å². The van der Waals surface area contributed by atoms with Crippen LogP contribution in [-0.4, -0.2) is 24.5 Å². The van der Waals surface area contributed by atoms with Gasteiger partial charge in [0.1, 0.15) is 11.5 Å². The maximum Gasteiger partial charge on any atom is 0.349 e. The van der Waals surface area contributed by atoms with Gasteiger partial charge in [0.25, 0.3) is 0 Å². The summed E-state index contributed by atoms with van der Waals surface area (Å²) in [5.41, 5.74) is 3.18. The van der Waals surface area contributed by atoms with Crippen molar-refractivity contribution in [2.24, 2.45) is 5.41 Å². The quantitative estimate of drug-likeness (QED) is 0.177. The second-order valence-corrected chi connectivity index (χ2v) is 9.12. The summed E-state index contributed by atoms with van der Waals surface area (Å²) < 4.78 is 15.4. The van der Waals surface area contributed by atoms with Crippen LogP contribution >= 0.6 is 0 Å². The third-order valence-electron chi connectivity index (χ3n) is 4.91. The lowest BCUT2D eigenvalue weighted by Crippen LogP contribution is -2.25. The summed E-state index contributed by atoms with van der Waals surface area (Å²) in [4.78, 5) is 35.3. The molecular formula is C30H32O6. The van der Waals surface area contributed by atoms with Crippen LogP contribution in [0.5, 0.6) is 11.5 Å². The Hall–Kier alpha value is -4.19. The van der Waals surface area contributed by atoms with Gasteiger partial charge in [0.05, 0.1) is 5.41 Å². The molecule has 0 N–H and O–H groups in total. The molecule has 0 unspecified atom stereocenters. The Labute approximate surface area is 212 Å². The number of rotatable bonds is 9. The predicted octanol–water partition coefficient (Wildman–Crippen LogP) is 6.34. The van der Waals surface area contributed by atoms with Gasteiger partial charge in [0.2, 0.25) is 0 Å². The van der Waals surface area contributed by atoms with Crippen LogP contribution in [0.15, 0.2) is 85.5 Å². The van der Waals surface area contributed by atoms with E-state index in [2.05, 4.69) is 13.2 Å². The summed E-state index contributed by atoms with van der Waals surface area (Å²) in [6.45, 7) is 15.9. The van der Waals surface area contributed by atoms with Gasteiger partial charge in [-0.15, -0.1) is 0 Å². The summed E-state index contributed by atoms with van der Waals surface area (Å²) in [7, 11) is 0. The smallest absolute Gasteiger partial charge is 0.349 e. The van der Waals surface area contributed by atoms with E-state index < -0.39 is 24.0 Å². The number of esters is 3. The molecule has 0 saturated carbocycles. The number of carbonyl (C=O) groups is 3. The van der Waals surface area contributed by atoms with E-state index >= 15 is 0 Å². The minimum absolute atomic E-state index is 0.209. The highest BCUT2D eigenvalue weighted by atomic mass is 16.6. The first-order valence-corrected chi connectivity index (χ1v) is 11.4. The molecule has 0 amide bonds. The predicted molar refractivity (Wildman–Crippen MR) is 141 cm³/mol. The van der Waals surface area contributed by atoms with E-state index in [-0.39, 0.29) is 11.5 Å². The van der Waals surface area contributed by atoms with Crippen molar-refractivity contribution < 1.29 is 28.6 Å². The molecule has 0 aliphatic carbocycles. The molecule has 0 aliphatic rings. The van der Waals surface area contributed by atoms with Gasteiger partial charge in [0, 0.05) is 5.57 Å². The van der Waals surface area contributed by atoms with E-state index in [0.717, 1.165) is 22.3 Å². The molecule has 2 rings (SSSR count). The SMILES string of the molecule is C=C(C)C(=O)OCC(=O)Oc1ccc(C(/C=C\C(=C)c2ccc(OC(=O)C(C)(C)C)cc2)=C/C)cc1. The zero-order chi connectivity index (χ0) is 26.9. The van der Waals surface area contributed by atoms with Gasteiger partial charge in [0.15, 0.2) is 6.61 Å². The maximum atomic E-state index is 12.0. The highest BCUT2D eigenvalue weighted by Crippen LogP contribution is 2.24. The van der Waals surface area contributed by atoms with Gasteiger partial charge in [-0.2, -0.15) is 0 Å². The lowest BCUT2D eigenvalue weighted by Gasteiger charge is -2.16. The first-order chi connectivity index (χ1) is 16.9. The second kappa shape index (κ2) is 12.5. The molecule has 0 saturated heterocycles. The number of carbonyl (C=O) groups excluding carboxylic acids is 3. The molecule has 0 atom stereocenters. The fourth-order valence-electron chi connectivity index (χ4n) is 2.77. The highest BCUT2D eigenvalue weighted by molar-refractivity contribution is 5.89. The van der Waals surface area contributed by atoms with Crippen LogP contribution < -0.4 is 9.47 Å². The second-order valence-electron chi connectivity index (χ2n) is 9.12. The van der Waals surface area contributed by atoms with Gasteiger partial charge < -0.3 is 14.2 Å². The highest BCUT2D eigenvalue weighted by Gasteiger charge is 2.23. The molecule has 0 fully saturated rings. The Bertz CT molecular complexity index is 1190. The normalized spacial score (nSPS) is 11.6. The van der Waals surface area contributed by atoms with Crippen LogP contribution in [0.1, 0.15) is 45.7 Å². The summed E-state index contributed by atoms with van der Waals surface area (Å²) >= 11 is 0. The summed E-state index contributed by atoms with van der Waals surface area (Å²) in [6, 6.07) is 14.2. The first-order valence-electron chi connectivity index (χ1n) is 11.4. The summed E-state index contributed by atoms with van der Waals surface area (Å²) in [6.07, 6.45) is 5.79. The molecule has 36 heavy (non-hydrogen) atoms. The van der Waals surface area contributed by atoms with E-state index in [1.54, 1.807) is 45.0 Å². The van der Waals surface area contributed by atoms with Crippen molar-refractivity contribution in [1.29, 1.82) is 0 Å². The number of hydrogen-bond acceptors (Lipinski definition) is 6. The fourth-order valence-corrected chi connectivity index (χ4v) is 2.77. The standard InChI is InChI=1S/C30H32O6/c1-8-22(24-13-17-25(18-14-24)35-27(31)19-34-28(32)20(2)3)10-9-21(4)23-11-15-26(16-12-23)36-29(33)30(5,6)7/h8-18H,2,4,19H2,1,3,5-7H3/b10-9-,22-8+. The number of hydrogen-bond donors (Lipinski definition) is 0. The molecule has 2 aromatic rings. The van der Waals surface area contributed by atoms with Crippen LogP contribution in [0.2, 0.25) is 0 Å². The maximum absolute atomic E-state index is 12.0. The van der Waals surface area contributed by atoms with Gasteiger partial charge in [-0.25, -0.2) is 9.59 Å². The zero-order valence-electron chi connectivity index (χ0n) is 21.4. The van der Waals surface area contributed by atoms with Crippen molar-refractivity contribution in [2.45, 2.75) is 34.6 Å². The number of allylic oxidation sites excluding steroid dienone is 5. The van der Waals surface area contributed by atoms with Crippen LogP contribution in [0.3, 0.4) is 0 Å². The van der Waals surface area contributed by atoms with Crippen LogP contribution in [0, 0.1) is 5.41 Å². The van der Waals surface area contributed by atoms with Gasteiger partial charge >= 0.3 is 17.9 Å². The van der Waals surface area contributed by atoms with Crippen molar-refractivity contribution in [3.05, 3.63) is 96.6 Å². The Kier molecular flexibility index (Phi) is 9.74. The molecule has 188 valence electrons. The monoisotopic (exact) mass is 488 g/mol. The van der Waals surface area contributed by atoms with Crippen LogP contribution in [-0.2, 0) is 19.1 Å². The first kappa shape index (κ1) is 28.1. The van der Waals surface area contributed by atoms with Gasteiger partial charge in [-0.1, -0.05) is 55.7 Å². The van der Waals surface area contributed by atoms with Gasteiger partial charge in [-0.3, -0.25) is 4.79 Å². The molecule has 0 radical (unpaired) electrons. The van der Waals surface area contributed by atoms with E-state index in [4.69, 9.17) is 14.2 Å². The van der Waals surface area contributed by atoms with E-state index in [1.807, 2.05) is 49.4 Å². The molecule has 6 nitrogen and oxygen atoms in total. The molecular weight excluding hydrogens is 456 g/mol. The van der Waals surface area contributed by atoms with Crippen molar-refractivity contribution >= 4 is 29.1 Å². The Balaban J connectivity index is 1.98. The zero-order valence-corrected chi connectivity index (χ0v) is 21.4. The average Bonchev–Trinajstić information content (AvgIpc) is 2.83. The van der Waals surface area contributed by atoms with Crippen LogP contribution in [0.25, 0.3) is 11.1 Å².